The quantitative estimate of drug-likeness (QED) is 0.178. The standard InChI is InChI=1S/C25H21Cl2N5O2S/c1-16-3-6-18(7-4-16)24-30-31-25(32(24)19-8-10-20(34-2)11-9-19)35-15-23(33)29-28-14-17-5-12-21(26)22(27)13-17/h3-14H,15H2,1-2H3,(H,29,33)/b28-14-. The van der Waals surface area contributed by atoms with E-state index >= 15 is 0 Å². The highest BCUT2D eigenvalue weighted by atomic mass is 35.5. The van der Waals surface area contributed by atoms with E-state index in [0.29, 0.717) is 26.6 Å². The second-order valence-electron chi connectivity index (χ2n) is 7.46. The highest BCUT2D eigenvalue weighted by molar-refractivity contribution is 7.99. The Hall–Kier alpha value is -3.33. The number of ether oxygens (including phenoxy) is 1. The van der Waals surface area contributed by atoms with Crippen molar-refractivity contribution in [3.8, 4) is 22.8 Å². The van der Waals surface area contributed by atoms with Gasteiger partial charge in [0.25, 0.3) is 5.91 Å². The predicted molar refractivity (Wildman–Crippen MR) is 141 cm³/mol. The number of carbonyl (C=O) groups excluding carboxylic acids is 1. The third-order valence-electron chi connectivity index (χ3n) is 4.95. The highest BCUT2D eigenvalue weighted by Crippen LogP contribution is 2.29. The third kappa shape index (κ3) is 6.22. The van der Waals surface area contributed by atoms with E-state index in [-0.39, 0.29) is 11.7 Å². The van der Waals surface area contributed by atoms with Crippen LogP contribution in [-0.2, 0) is 4.79 Å². The first kappa shape index (κ1) is 24.8. The van der Waals surface area contributed by atoms with Gasteiger partial charge in [0.1, 0.15) is 5.75 Å². The fourth-order valence-corrected chi connectivity index (χ4v) is 4.20. The van der Waals surface area contributed by atoms with Crippen LogP contribution in [0.15, 0.2) is 77.0 Å². The van der Waals surface area contributed by atoms with E-state index in [1.54, 1.807) is 25.3 Å². The Balaban J connectivity index is 1.51. The largest absolute Gasteiger partial charge is 0.497 e. The van der Waals surface area contributed by atoms with E-state index in [4.69, 9.17) is 27.9 Å². The van der Waals surface area contributed by atoms with Gasteiger partial charge in [0.2, 0.25) is 0 Å². The number of rotatable bonds is 8. The second-order valence-corrected chi connectivity index (χ2v) is 9.22. The molecule has 0 aliphatic heterocycles. The zero-order chi connectivity index (χ0) is 24.8. The maximum atomic E-state index is 12.4. The van der Waals surface area contributed by atoms with E-state index in [1.165, 1.54) is 18.0 Å². The van der Waals surface area contributed by atoms with Gasteiger partial charge in [-0.25, -0.2) is 5.43 Å². The summed E-state index contributed by atoms with van der Waals surface area (Å²) in [6.45, 7) is 2.03. The van der Waals surface area contributed by atoms with Crippen LogP contribution in [0, 0.1) is 6.92 Å². The predicted octanol–water partition coefficient (Wildman–Crippen LogP) is 5.80. The van der Waals surface area contributed by atoms with Gasteiger partial charge < -0.3 is 4.74 Å². The van der Waals surface area contributed by atoms with Crippen molar-refractivity contribution in [3.63, 3.8) is 0 Å². The summed E-state index contributed by atoms with van der Waals surface area (Å²) in [5.74, 6) is 1.23. The fourth-order valence-electron chi connectivity index (χ4n) is 3.15. The van der Waals surface area contributed by atoms with Crippen molar-refractivity contribution in [2.75, 3.05) is 12.9 Å². The summed E-state index contributed by atoms with van der Waals surface area (Å²) >= 11 is 13.2. The van der Waals surface area contributed by atoms with Gasteiger partial charge in [0.15, 0.2) is 11.0 Å². The summed E-state index contributed by atoms with van der Waals surface area (Å²) in [4.78, 5) is 12.4. The molecule has 4 aromatic rings. The number of nitrogens with one attached hydrogen (secondary N) is 1. The first-order chi connectivity index (χ1) is 16.9. The summed E-state index contributed by atoms with van der Waals surface area (Å²) in [7, 11) is 1.62. The highest BCUT2D eigenvalue weighted by Gasteiger charge is 2.17. The Bertz CT molecular complexity index is 1360. The van der Waals surface area contributed by atoms with Gasteiger partial charge in [0.05, 0.1) is 29.1 Å². The minimum absolute atomic E-state index is 0.0981. The normalized spacial score (nSPS) is 11.1. The van der Waals surface area contributed by atoms with Crippen LogP contribution in [0.25, 0.3) is 17.1 Å². The molecule has 1 N–H and O–H groups in total. The molecule has 0 radical (unpaired) electrons. The number of hydrogen-bond donors (Lipinski definition) is 1. The number of amides is 1. The van der Waals surface area contributed by atoms with Crippen LogP contribution in [-0.4, -0.2) is 39.7 Å². The van der Waals surface area contributed by atoms with Crippen molar-refractivity contribution in [2.24, 2.45) is 5.10 Å². The Morgan fingerprint density at radius 2 is 1.80 bits per heavy atom. The molecule has 35 heavy (non-hydrogen) atoms. The lowest BCUT2D eigenvalue weighted by atomic mass is 10.1. The SMILES string of the molecule is COc1ccc(-n2c(SCC(=O)N/N=C\c3ccc(Cl)c(Cl)c3)nnc2-c2ccc(C)cc2)cc1. The van der Waals surface area contributed by atoms with Crippen LogP contribution >= 0.6 is 35.0 Å². The van der Waals surface area contributed by atoms with E-state index in [9.17, 15) is 4.79 Å². The molecule has 0 aliphatic rings. The van der Waals surface area contributed by atoms with Crippen LogP contribution in [0.5, 0.6) is 5.75 Å². The first-order valence-electron chi connectivity index (χ1n) is 10.5. The summed E-state index contributed by atoms with van der Waals surface area (Å²) in [5, 5.41) is 14.2. The molecule has 4 rings (SSSR count). The minimum atomic E-state index is -0.285. The van der Waals surface area contributed by atoms with Crippen molar-refractivity contribution < 1.29 is 9.53 Å². The van der Waals surface area contributed by atoms with Crippen molar-refractivity contribution in [3.05, 3.63) is 87.9 Å². The van der Waals surface area contributed by atoms with E-state index in [1.807, 2.05) is 60.0 Å². The molecule has 0 saturated carbocycles. The summed E-state index contributed by atoms with van der Waals surface area (Å²) < 4.78 is 7.20. The van der Waals surface area contributed by atoms with Gasteiger partial charge in [-0.2, -0.15) is 5.10 Å². The number of thioether (sulfide) groups is 1. The molecule has 1 amide bonds. The molecular formula is C25H21Cl2N5O2S. The Labute approximate surface area is 217 Å². The van der Waals surface area contributed by atoms with Crippen molar-refractivity contribution in [1.29, 1.82) is 0 Å². The number of carbonyl (C=O) groups is 1. The molecule has 178 valence electrons. The van der Waals surface area contributed by atoms with Crippen LogP contribution in [0.1, 0.15) is 11.1 Å². The van der Waals surface area contributed by atoms with Gasteiger partial charge in [-0.3, -0.25) is 9.36 Å². The molecule has 0 aliphatic carbocycles. The zero-order valence-electron chi connectivity index (χ0n) is 18.9. The van der Waals surface area contributed by atoms with Gasteiger partial charge in [-0.05, 0) is 48.9 Å². The molecule has 0 saturated heterocycles. The second kappa shape index (κ2) is 11.4. The Morgan fingerprint density at radius 3 is 2.49 bits per heavy atom. The fraction of sp³-hybridized carbons (Fsp3) is 0.120. The van der Waals surface area contributed by atoms with Crippen LogP contribution in [0.3, 0.4) is 0 Å². The average Bonchev–Trinajstić information content (AvgIpc) is 3.29. The molecule has 0 atom stereocenters. The average molecular weight is 526 g/mol. The summed E-state index contributed by atoms with van der Waals surface area (Å²) in [5.41, 5.74) is 6.15. The molecular weight excluding hydrogens is 505 g/mol. The Morgan fingerprint density at radius 1 is 1.06 bits per heavy atom. The molecule has 3 aromatic carbocycles. The topological polar surface area (TPSA) is 81.4 Å². The van der Waals surface area contributed by atoms with Gasteiger partial charge in [-0.15, -0.1) is 10.2 Å². The lowest BCUT2D eigenvalue weighted by molar-refractivity contribution is -0.118. The number of hydrogen-bond acceptors (Lipinski definition) is 6. The summed E-state index contributed by atoms with van der Waals surface area (Å²) in [6.07, 6.45) is 1.50. The molecule has 0 fully saturated rings. The van der Waals surface area contributed by atoms with Crippen molar-refractivity contribution >= 4 is 47.1 Å². The number of methoxy groups -OCH3 is 1. The smallest absolute Gasteiger partial charge is 0.250 e. The molecule has 0 spiro atoms. The number of nitrogens with zero attached hydrogens (tertiary/aromatic N) is 4. The maximum absolute atomic E-state index is 12.4. The molecule has 1 aromatic heterocycles. The van der Waals surface area contributed by atoms with Gasteiger partial charge in [0, 0.05) is 11.3 Å². The minimum Gasteiger partial charge on any atom is -0.497 e. The van der Waals surface area contributed by atoms with Crippen LogP contribution in [0.2, 0.25) is 10.0 Å². The maximum Gasteiger partial charge on any atom is 0.250 e. The molecule has 0 bridgehead atoms. The zero-order valence-corrected chi connectivity index (χ0v) is 21.2. The molecule has 1 heterocycles. The Kier molecular flexibility index (Phi) is 8.07. The van der Waals surface area contributed by atoms with E-state index < -0.39 is 0 Å². The summed E-state index contributed by atoms with van der Waals surface area (Å²) in [6, 6.07) is 20.7. The monoisotopic (exact) mass is 525 g/mol. The van der Waals surface area contributed by atoms with Crippen LogP contribution in [0.4, 0.5) is 0 Å². The number of halogens is 2. The van der Waals surface area contributed by atoms with Crippen molar-refractivity contribution in [1.82, 2.24) is 20.2 Å². The first-order valence-corrected chi connectivity index (χ1v) is 12.3. The van der Waals surface area contributed by atoms with Crippen LogP contribution < -0.4 is 10.2 Å². The lowest BCUT2D eigenvalue weighted by Gasteiger charge is -2.11. The molecule has 0 unspecified atom stereocenters. The number of aromatic nitrogens is 3. The van der Waals surface area contributed by atoms with Crippen molar-refractivity contribution in [2.45, 2.75) is 12.1 Å². The van der Waals surface area contributed by atoms with Gasteiger partial charge in [-0.1, -0.05) is 70.9 Å². The van der Waals surface area contributed by atoms with Gasteiger partial charge >= 0.3 is 0 Å². The third-order valence-corrected chi connectivity index (χ3v) is 6.62. The van der Waals surface area contributed by atoms with E-state index in [2.05, 4.69) is 20.7 Å². The number of aryl methyl sites for hydroxylation is 1. The van der Waals surface area contributed by atoms with E-state index in [0.717, 1.165) is 22.6 Å². The lowest BCUT2D eigenvalue weighted by Crippen LogP contribution is -2.20. The number of benzene rings is 3. The molecule has 10 heteroatoms. The number of hydrazone groups is 1. The molecule has 7 nitrogen and oxygen atoms in total.